The number of carbonyl (C=O) groups is 1. The molecule has 186 valence electrons. The average molecular weight is 531 g/mol. The number of nitrogens with two attached hydrogens (primary N) is 1. The Balaban J connectivity index is 1.95. The fourth-order valence-electron chi connectivity index (χ4n) is 3.10. The molecule has 8 nitrogen and oxygen atoms in total. The largest absolute Gasteiger partial charge is 0.491 e. The summed E-state index contributed by atoms with van der Waals surface area (Å²) < 4.78 is 60.1. The molecule has 0 radical (unpaired) electrons. The van der Waals surface area contributed by atoms with E-state index in [0.717, 1.165) is 27.2 Å². The number of hydrogen-bond acceptors (Lipinski definition) is 6. The summed E-state index contributed by atoms with van der Waals surface area (Å²) in [7, 11) is 3.43. The van der Waals surface area contributed by atoms with Gasteiger partial charge in [0, 0.05) is 25.0 Å². The lowest BCUT2D eigenvalue weighted by Crippen LogP contribution is -2.35. The molecule has 0 spiro atoms. The number of amides is 1. The van der Waals surface area contributed by atoms with Crippen LogP contribution in [0.3, 0.4) is 0 Å². The maximum atomic E-state index is 14.5. The molecule has 0 saturated heterocycles. The van der Waals surface area contributed by atoms with Crippen LogP contribution in [0.5, 0.6) is 5.75 Å². The minimum atomic E-state index is -5.27. The molecular weight excluding hydrogens is 511 g/mol. The molecule has 1 amide bonds. The first-order valence-corrected chi connectivity index (χ1v) is 10.9. The van der Waals surface area contributed by atoms with Gasteiger partial charge in [-0.15, -0.1) is 0 Å². The van der Waals surface area contributed by atoms with Gasteiger partial charge in [-0.1, -0.05) is 26.9 Å². The van der Waals surface area contributed by atoms with E-state index < -0.39 is 34.5 Å². The highest BCUT2D eigenvalue weighted by Gasteiger charge is 2.57. The van der Waals surface area contributed by atoms with Crippen molar-refractivity contribution in [2.24, 2.45) is 17.8 Å². The summed E-state index contributed by atoms with van der Waals surface area (Å²) in [6, 6.07) is 6.48. The van der Waals surface area contributed by atoms with Gasteiger partial charge in [0.2, 0.25) is 0 Å². The van der Waals surface area contributed by atoms with Crippen molar-refractivity contribution in [3.63, 3.8) is 0 Å². The molecule has 2 unspecified atom stereocenters. The molecule has 1 aliphatic rings. The van der Waals surface area contributed by atoms with Crippen molar-refractivity contribution >= 4 is 44.4 Å². The molecular formula is C21H20ClF4N6O2P. The van der Waals surface area contributed by atoms with Crippen LogP contribution >= 0.6 is 20.8 Å². The smallest absolute Gasteiger partial charge is 0.431 e. The number of ether oxygens (including phenoxy) is 1. The summed E-state index contributed by atoms with van der Waals surface area (Å²) in [5, 5.41) is 11.7. The van der Waals surface area contributed by atoms with Crippen LogP contribution in [0, 0.1) is 11.3 Å². The van der Waals surface area contributed by atoms with Gasteiger partial charge in [0.1, 0.15) is 5.54 Å². The second-order valence-electron chi connectivity index (χ2n) is 7.76. The topological polar surface area (TPSA) is 118 Å². The van der Waals surface area contributed by atoms with Crippen LogP contribution in [0.25, 0.3) is 5.57 Å². The van der Waals surface area contributed by atoms with E-state index in [9.17, 15) is 27.6 Å². The molecule has 1 aliphatic carbocycles. The molecule has 1 heterocycles. The Bertz CT molecular complexity index is 1260. The van der Waals surface area contributed by atoms with Crippen LogP contribution in [-0.2, 0) is 12.5 Å². The van der Waals surface area contributed by atoms with Crippen molar-refractivity contribution in [2.45, 2.75) is 30.0 Å². The molecule has 14 heteroatoms. The number of aromatic nitrogens is 2. The Morgan fingerprint density at radius 3 is 2.60 bits per heavy atom. The predicted molar refractivity (Wildman–Crippen MR) is 125 cm³/mol. The van der Waals surface area contributed by atoms with Gasteiger partial charge in [0.15, 0.2) is 17.3 Å². The number of halogens is 5. The minimum Gasteiger partial charge on any atom is -0.491 e. The maximum absolute atomic E-state index is 14.5. The van der Waals surface area contributed by atoms with E-state index in [1.54, 1.807) is 6.07 Å². The molecule has 1 aromatic heterocycles. The standard InChI is InChI=1S/C21H20ClF4N6O2P/c1-32-17(15(34-2)16(31-32)20(23,35)21(24,25)26)29-9-12(8-27)11-3-4-14(22)13(7-11)18(33)30-19(10-28)5-6-19/h3-4,7-9H,5-6,27,35H2,1-2H3,(H,30,33). The fourth-order valence-corrected chi connectivity index (χ4v) is 3.49. The van der Waals surface area contributed by atoms with E-state index in [1.165, 1.54) is 25.4 Å². The lowest BCUT2D eigenvalue weighted by Gasteiger charge is -2.21. The number of hydrogen-bond donors (Lipinski definition) is 2. The summed E-state index contributed by atoms with van der Waals surface area (Å²) in [5.74, 6) is -1.27. The molecule has 1 saturated carbocycles. The second kappa shape index (κ2) is 9.47. The number of aliphatic imine (C=N–C) groups is 1. The molecule has 0 bridgehead atoms. The van der Waals surface area contributed by atoms with Crippen molar-refractivity contribution in [1.29, 1.82) is 5.26 Å². The van der Waals surface area contributed by atoms with E-state index in [2.05, 4.69) is 21.5 Å². The van der Waals surface area contributed by atoms with Crippen LogP contribution in [0.4, 0.5) is 23.4 Å². The van der Waals surface area contributed by atoms with E-state index >= 15 is 0 Å². The zero-order chi connectivity index (χ0) is 26.2. The molecule has 3 N–H and O–H groups in total. The zero-order valence-corrected chi connectivity index (χ0v) is 20.4. The molecule has 2 aromatic rings. The maximum Gasteiger partial charge on any atom is 0.431 e. The highest BCUT2D eigenvalue weighted by atomic mass is 35.5. The third-order valence-corrected chi connectivity index (χ3v) is 6.23. The number of allylic oxidation sites excluding steroid dienone is 1. The van der Waals surface area contributed by atoms with Gasteiger partial charge >= 0.3 is 6.18 Å². The van der Waals surface area contributed by atoms with Gasteiger partial charge in [-0.2, -0.15) is 23.5 Å². The molecule has 1 aromatic carbocycles. The lowest BCUT2D eigenvalue weighted by atomic mass is 10.0. The second-order valence-corrected chi connectivity index (χ2v) is 8.96. The van der Waals surface area contributed by atoms with Crippen LogP contribution < -0.4 is 15.8 Å². The Labute approximate surface area is 205 Å². The summed E-state index contributed by atoms with van der Waals surface area (Å²) in [4.78, 5) is 16.7. The molecule has 2 atom stereocenters. The van der Waals surface area contributed by atoms with Crippen molar-refractivity contribution in [3.8, 4) is 11.8 Å². The average Bonchev–Trinajstić information content (AvgIpc) is 3.49. The number of nitrogens with zero attached hydrogens (tertiary/aromatic N) is 4. The van der Waals surface area contributed by atoms with Crippen molar-refractivity contribution in [1.82, 2.24) is 15.1 Å². The highest BCUT2D eigenvalue weighted by Crippen LogP contribution is 2.52. The summed E-state index contributed by atoms with van der Waals surface area (Å²) in [6.07, 6.45) is -1.85. The van der Waals surface area contributed by atoms with E-state index in [-0.39, 0.29) is 22.0 Å². The normalized spacial score (nSPS) is 17.1. The van der Waals surface area contributed by atoms with E-state index in [0.29, 0.717) is 18.4 Å². The number of nitrogens with one attached hydrogen (secondary N) is 1. The molecule has 3 rings (SSSR count). The predicted octanol–water partition coefficient (Wildman–Crippen LogP) is 4.13. The van der Waals surface area contributed by atoms with E-state index in [1.807, 2.05) is 0 Å². The minimum absolute atomic E-state index is 0.0919. The summed E-state index contributed by atoms with van der Waals surface area (Å²) in [5.41, 5.74) is 4.54. The zero-order valence-electron chi connectivity index (χ0n) is 18.5. The number of rotatable bonds is 7. The fraction of sp³-hybridized carbons (Fsp3) is 0.333. The van der Waals surface area contributed by atoms with Gasteiger partial charge in [-0.25, -0.2) is 14.1 Å². The van der Waals surface area contributed by atoms with Crippen LogP contribution in [0.2, 0.25) is 5.02 Å². The number of nitriles is 1. The molecule has 35 heavy (non-hydrogen) atoms. The summed E-state index contributed by atoms with van der Waals surface area (Å²) >= 11 is 6.16. The first kappa shape index (κ1) is 26.4. The van der Waals surface area contributed by atoms with Crippen LogP contribution in [-0.4, -0.2) is 40.7 Å². The molecule has 0 aliphatic heterocycles. The highest BCUT2D eigenvalue weighted by molar-refractivity contribution is 7.18. The Kier molecular flexibility index (Phi) is 7.16. The van der Waals surface area contributed by atoms with Gasteiger partial charge in [0.25, 0.3) is 11.3 Å². The van der Waals surface area contributed by atoms with E-state index in [4.69, 9.17) is 22.1 Å². The van der Waals surface area contributed by atoms with Gasteiger partial charge in [-0.05, 0) is 30.5 Å². The Morgan fingerprint density at radius 2 is 2.09 bits per heavy atom. The van der Waals surface area contributed by atoms with Crippen LogP contribution in [0.15, 0.2) is 29.4 Å². The van der Waals surface area contributed by atoms with Crippen LogP contribution in [0.1, 0.15) is 34.5 Å². The third kappa shape index (κ3) is 5.11. The van der Waals surface area contributed by atoms with Gasteiger partial charge < -0.3 is 15.8 Å². The number of carbonyl (C=O) groups excluding carboxylic acids is 1. The first-order valence-electron chi connectivity index (χ1n) is 9.96. The molecule has 1 fully saturated rings. The number of aryl methyl sites for hydroxylation is 1. The SMILES string of the molecule is COc1c(C(F)(P)C(F)(F)F)nn(C)c1N=CC(=CN)c1ccc(Cl)c(C(=O)NC2(C#N)CC2)c1. The number of benzene rings is 1. The Hall–Kier alpha value is -3.16. The quantitative estimate of drug-likeness (QED) is 0.317. The lowest BCUT2D eigenvalue weighted by molar-refractivity contribution is -0.200. The van der Waals surface area contributed by atoms with Crippen molar-refractivity contribution < 1.29 is 27.1 Å². The van der Waals surface area contributed by atoms with Crippen molar-refractivity contribution in [3.05, 3.63) is 46.2 Å². The summed E-state index contributed by atoms with van der Waals surface area (Å²) in [6.45, 7) is 0. The first-order chi connectivity index (χ1) is 16.3. The van der Waals surface area contributed by atoms with Crippen molar-refractivity contribution in [2.75, 3.05) is 7.11 Å². The third-order valence-electron chi connectivity index (χ3n) is 5.30. The number of methoxy groups -OCH3 is 1. The monoisotopic (exact) mass is 530 g/mol. The number of alkyl halides is 4. The van der Waals surface area contributed by atoms with Gasteiger partial charge in [-0.3, -0.25) is 4.79 Å². The Morgan fingerprint density at radius 1 is 1.43 bits per heavy atom. The van der Waals surface area contributed by atoms with Gasteiger partial charge in [0.05, 0.1) is 23.8 Å².